The van der Waals surface area contributed by atoms with Gasteiger partial charge in [-0.3, -0.25) is 9.52 Å². The van der Waals surface area contributed by atoms with Crippen molar-refractivity contribution in [1.29, 1.82) is 0 Å². The molecule has 7 nitrogen and oxygen atoms in total. The van der Waals surface area contributed by atoms with Crippen molar-refractivity contribution in [2.45, 2.75) is 24.7 Å². The summed E-state index contributed by atoms with van der Waals surface area (Å²) in [5.41, 5.74) is 0.423. The summed E-state index contributed by atoms with van der Waals surface area (Å²) in [7, 11) is -1.11. The van der Waals surface area contributed by atoms with Crippen LogP contribution in [0.1, 0.15) is 30.1 Å². The maximum absolute atomic E-state index is 13.1. The maximum Gasteiger partial charge on any atom is 0.262 e. The highest BCUT2D eigenvalue weighted by Crippen LogP contribution is 2.31. The van der Waals surface area contributed by atoms with Gasteiger partial charge in [0.2, 0.25) is 0 Å². The maximum atomic E-state index is 13.1. The lowest BCUT2D eigenvalue weighted by molar-refractivity contribution is 0.0693. The first kappa shape index (κ1) is 22.2. The van der Waals surface area contributed by atoms with Crippen molar-refractivity contribution in [3.05, 3.63) is 47.0 Å². The monoisotopic (exact) mass is 452 g/mol. The number of likely N-dealkylation sites (tertiary alicyclic amines) is 1. The van der Waals surface area contributed by atoms with Crippen LogP contribution < -0.4 is 14.2 Å². The highest BCUT2D eigenvalue weighted by atomic mass is 35.5. The largest absolute Gasteiger partial charge is 0.496 e. The Labute approximate surface area is 182 Å². The number of carbonyl (C=O) groups is 1. The van der Waals surface area contributed by atoms with Crippen molar-refractivity contribution < 1.29 is 22.7 Å². The molecule has 3 rings (SSSR count). The van der Waals surface area contributed by atoms with Crippen LogP contribution in [-0.2, 0) is 10.0 Å². The second kappa shape index (κ2) is 9.14. The molecule has 0 unspecified atom stereocenters. The first-order valence-electron chi connectivity index (χ1n) is 9.59. The molecule has 0 atom stereocenters. The second-order valence-corrected chi connectivity index (χ2v) is 9.41. The zero-order valence-electron chi connectivity index (χ0n) is 17.1. The van der Waals surface area contributed by atoms with Gasteiger partial charge in [0.15, 0.2) is 0 Å². The number of rotatable bonds is 6. The number of nitrogens with one attached hydrogen (secondary N) is 1. The lowest BCUT2D eigenvalue weighted by atomic mass is 9.98. The predicted molar refractivity (Wildman–Crippen MR) is 116 cm³/mol. The van der Waals surface area contributed by atoms with E-state index < -0.39 is 10.0 Å². The smallest absolute Gasteiger partial charge is 0.262 e. The van der Waals surface area contributed by atoms with Crippen molar-refractivity contribution in [2.75, 3.05) is 32.0 Å². The number of nitrogens with zero attached hydrogens (tertiary/aromatic N) is 1. The summed E-state index contributed by atoms with van der Waals surface area (Å²) in [5, 5.41) is 0.360. The van der Waals surface area contributed by atoms with Gasteiger partial charge in [0.05, 0.1) is 30.4 Å². The first-order chi connectivity index (χ1) is 14.2. The molecule has 1 amide bonds. The van der Waals surface area contributed by atoms with E-state index in [1.807, 2.05) is 0 Å². The van der Waals surface area contributed by atoms with Crippen molar-refractivity contribution in [1.82, 2.24) is 4.90 Å². The molecule has 1 aliphatic heterocycles. The number of sulfonamides is 1. The number of carbonyl (C=O) groups excluding carboxylic acids is 1. The molecular formula is C21H25ClN2O5S. The quantitative estimate of drug-likeness (QED) is 0.715. The Morgan fingerprint density at radius 1 is 1.07 bits per heavy atom. The van der Waals surface area contributed by atoms with Gasteiger partial charge in [0.1, 0.15) is 11.5 Å². The van der Waals surface area contributed by atoms with Crippen LogP contribution in [0.5, 0.6) is 11.5 Å². The number of benzene rings is 2. The molecule has 1 saturated heterocycles. The normalized spacial score (nSPS) is 15.0. The molecule has 9 heteroatoms. The van der Waals surface area contributed by atoms with Crippen LogP contribution in [0.2, 0.25) is 5.02 Å². The number of anilines is 1. The van der Waals surface area contributed by atoms with Gasteiger partial charge >= 0.3 is 0 Å². The molecule has 0 aromatic heterocycles. The zero-order valence-corrected chi connectivity index (χ0v) is 18.7. The minimum atomic E-state index is -4.00. The molecule has 2 aromatic rings. The zero-order chi connectivity index (χ0) is 21.9. The topological polar surface area (TPSA) is 84.9 Å². The molecular weight excluding hydrogens is 428 g/mol. The third-order valence-corrected chi connectivity index (χ3v) is 6.79. The highest BCUT2D eigenvalue weighted by Gasteiger charge is 2.26. The Morgan fingerprint density at radius 3 is 2.33 bits per heavy atom. The second-order valence-electron chi connectivity index (χ2n) is 7.29. The van der Waals surface area contributed by atoms with Crippen molar-refractivity contribution in [2.24, 2.45) is 5.92 Å². The van der Waals surface area contributed by atoms with Crippen LogP contribution in [0.3, 0.4) is 0 Å². The summed E-state index contributed by atoms with van der Waals surface area (Å²) >= 11 is 5.99. The van der Waals surface area contributed by atoms with Crippen LogP contribution in [0, 0.1) is 5.92 Å². The fourth-order valence-electron chi connectivity index (χ4n) is 3.37. The molecule has 2 aromatic carbocycles. The average Bonchev–Trinajstić information content (AvgIpc) is 2.73. The van der Waals surface area contributed by atoms with Crippen molar-refractivity contribution in [3.63, 3.8) is 0 Å². The number of methoxy groups -OCH3 is 2. The van der Waals surface area contributed by atoms with Gasteiger partial charge in [-0.1, -0.05) is 18.5 Å². The van der Waals surface area contributed by atoms with Gasteiger partial charge in [-0.15, -0.1) is 0 Å². The van der Waals surface area contributed by atoms with E-state index in [2.05, 4.69) is 11.6 Å². The number of amides is 1. The molecule has 1 N–H and O–H groups in total. The van der Waals surface area contributed by atoms with E-state index in [0.717, 1.165) is 12.8 Å². The highest BCUT2D eigenvalue weighted by molar-refractivity contribution is 7.92. The third kappa shape index (κ3) is 4.82. The molecule has 0 aliphatic carbocycles. The minimum absolute atomic E-state index is 0.0564. The number of hydrogen-bond donors (Lipinski definition) is 1. The van der Waals surface area contributed by atoms with E-state index in [4.69, 9.17) is 21.1 Å². The third-order valence-electron chi connectivity index (χ3n) is 5.19. The molecule has 1 heterocycles. The van der Waals surface area contributed by atoms with Gasteiger partial charge in [-0.05, 0) is 55.2 Å². The summed E-state index contributed by atoms with van der Waals surface area (Å²) < 4.78 is 39.0. The first-order valence-corrected chi connectivity index (χ1v) is 11.4. The Morgan fingerprint density at radius 2 is 1.70 bits per heavy atom. The molecule has 1 fully saturated rings. The molecule has 0 spiro atoms. The summed E-state index contributed by atoms with van der Waals surface area (Å²) in [6.45, 7) is 3.43. The summed E-state index contributed by atoms with van der Waals surface area (Å²) in [5.74, 6) is 0.990. The van der Waals surface area contributed by atoms with E-state index >= 15 is 0 Å². The SMILES string of the molecule is COc1ccc(Cl)cc1NS(=O)(=O)c1ccc(OC)c(C(=O)N2CCC(C)CC2)c1. The predicted octanol–water partition coefficient (Wildman–Crippen LogP) is 4.03. The van der Waals surface area contributed by atoms with Gasteiger partial charge in [0, 0.05) is 18.1 Å². The lowest BCUT2D eigenvalue weighted by Crippen LogP contribution is -2.38. The van der Waals surface area contributed by atoms with Crippen LogP contribution in [0.25, 0.3) is 0 Å². The minimum Gasteiger partial charge on any atom is -0.496 e. The van der Waals surface area contributed by atoms with Crippen molar-refractivity contribution >= 4 is 33.2 Å². The van der Waals surface area contributed by atoms with E-state index in [9.17, 15) is 13.2 Å². The average molecular weight is 453 g/mol. The van der Waals surface area contributed by atoms with E-state index in [0.29, 0.717) is 35.5 Å². The van der Waals surface area contributed by atoms with Gasteiger partial charge in [-0.2, -0.15) is 0 Å². The summed E-state index contributed by atoms with van der Waals surface area (Å²) in [4.78, 5) is 14.7. The Balaban J connectivity index is 1.93. The van der Waals surface area contributed by atoms with Gasteiger partial charge in [-0.25, -0.2) is 8.42 Å². The molecule has 0 radical (unpaired) electrons. The Kier molecular flexibility index (Phi) is 6.77. The number of ether oxygens (including phenoxy) is 2. The lowest BCUT2D eigenvalue weighted by Gasteiger charge is -2.30. The molecule has 0 bridgehead atoms. The summed E-state index contributed by atoms with van der Waals surface area (Å²) in [6, 6.07) is 8.86. The number of halogens is 1. The Hall–Kier alpha value is -2.45. The molecule has 0 saturated carbocycles. The van der Waals surface area contributed by atoms with Gasteiger partial charge in [0.25, 0.3) is 15.9 Å². The van der Waals surface area contributed by atoms with Gasteiger partial charge < -0.3 is 14.4 Å². The summed E-state index contributed by atoms with van der Waals surface area (Å²) in [6.07, 6.45) is 1.84. The fraction of sp³-hybridized carbons (Fsp3) is 0.381. The van der Waals surface area contributed by atoms with Crippen LogP contribution in [0.15, 0.2) is 41.3 Å². The Bertz CT molecular complexity index is 1030. The van der Waals surface area contributed by atoms with E-state index in [1.54, 1.807) is 17.0 Å². The van der Waals surface area contributed by atoms with Crippen molar-refractivity contribution in [3.8, 4) is 11.5 Å². The van der Waals surface area contributed by atoms with Crippen LogP contribution in [0.4, 0.5) is 5.69 Å². The standard InChI is InChI=1S/C21H25ClN2O5S/c1-14-8-10-24(11-9-14)21(25)17-13-16(5-7-19(17)28-2)30(26,27)23-18-12-15(22)4-6-20(18)29-3/h4-7,12-14,23H,8-11H2,1-3H3. The molecule has 1 aliphatic rings. The fourth-order valence-corrected chi connectivity index (χ4v) is 4.63. The van der Waals surface area contributed by atoms with E-state index in [-0.39, 0.29) is 22.1 Å². The number of hydrogen-bond acceptors (Lipinski definition) is 5. The number of piperidine rings is 1. The van der Waals surface area contributed by atoms with Crippen LogP contribution >= 0.6 is 11.6 Å². The molecule has 30 heavy (non-hydrogen) atoms. The van der Waals surface area contributed by atoms with E-state index in [1.165, 1.54) is 38.5 Å². The van der Waals surface area contributed by atoms with Crippen LogP contribution in [-0.4, -0.2) is 46.5 Å². The molecule has 162 valence electrons.